The molecule has 0 saturated carbocycles. The van der Waals surface area contributed by atoms with E-state index in [1.807, 2.05) is 0 Å². The number of piperidine rings is 1. The molecule has 2 N–H and O–H groups in total. The Morgan fingerprint density at radius 3 is 2.50 bits per heavy atom. The van der Waals surface area contributed by atoms with Crippen LogP contribution in [0, 0.1) is 23.4 Å². The van der Waals surface area contributed by atoms with Gasteiger partial charge in [0.2, 0.25) is 0 Å². The van der Waals surface area contributed by atoms with Crippen LogP contribution in [0.2, 0.25) is 0 Å². The lowest BCUT2D eigenvalue weighted by molar-refractivity contribution is 0.170. The van der Waals surface area contributed by atoms with Crippen LogP contribution < -0.4 is 5.73 Å². The molecule has 18 heavy (non-hydrogen) atoms. The summed E-state index contributed by atoms with van der Waals surface area (Å²) in [4.78, 5) is 2.10. The number of rotatable bonds is 3. The minimum atomic E-state index is -1.41. The second-order valence-electron chi connectivity index (χ2n) is 4.85. The van der Waals surface area contributed by atoms with Crippen LogP contribution in [-0.4, -0.2) is 24.5 Å². The maximum absolute atomic E-state index is 13.1. The van der Waals surface area contributed by atoms with Crippen molar-refractivity contribution in [1.29, 1.82) is 0 Å². The molecule has 1 atom stereocenters. The zero-order valence-corrected chi connectivity index (χ0v) is 10.1. The number of nitrogens with two attached hydrogens (primary N) is 1. The van der Waals surface area contributed by atoms with Gasteiger partial charge in [-0.15, -0.1) is 0 Å². The van der Waals surface area contributed by atoms with Gasteiger partial charge in [-0.25, -0.2) is 13.2 Å². The quantitative estimate of drug-likeness (QED) is 0.843. The summed E-state index contributed by atoms with van der Waals surface area (Å²) in [5, 5.41) is 0. The Morgan fingerprint density at radius 1 is 1.22 bits per heavy atom. The highest BCUT2D eigenvalue weighted by molar-refractivity contribution is 5.19. The maximum Gasteiger partial charge on any atom is 0.194 e. The summed E-state index contributed by atoms with van der Waals surface area (Å²) in [6.45, 7) is 2.78. The smallest absolute Gasteiger partial charge is 0.194 e. The third kappa shape index (κ3) is 3.03. The molecule has 0 aromatic heterocycles. The lowest BCUT2D eigenvalue weighted by atomic mass is 9.98. The Balaban J connectivity index is 2.05. The third-order valence-corrected chi connectivity index (χ3v) is 3.39. The fourth-order valence-corrected chi connectivity index (χ4v) is 2.44. The Bertz CT molecular complexity index is 400. The number of benzene rings is 1. The van der Waals surface area contributed by atoms with Gasteiger partial charge in [0.15, 0.2) is 17.5 Å². The lowest BCUT2D eigenvalue weighted by Crippen LogP contribution is -2.37. The molecular formula is C13H17F3N2. The minimum absolute atomic E-state index is 0.435. The van der Waals surface area contributed by atoms with Crippen molar-refractivity contribution in [1.82, 2.24) is 4.90 Å². The second kappa shape index (κ2) is 5.71. The Morgan fingerprint density at radius 2 is 1.89 bits per heavy atom. The van der Waals surface area contributed by atoms with Gasteiger partial charge in [-0.2, -0.15) is 0 Å². The summed E-state index contributed by atoms with van der Waals surface area (Å²) in [5.74, 6) is -3.22. The normalized spacial score (nSPS) is 21.2. The van der Waals surface area contributed by atoms with Gasteiger partial charge in [0.05, 0.1) is 0 Å². The van der Waals surface area contributed by atoms with Gasteiger partial charge in [0.1, 0.15) is 0 Å². The van der Waals surface area contributed by atoms with E-state index in [2.05, 4.69) is 4.90 Å². The van der Waals surface area contributed by atoms with Gasteiger partial charge in [-0.05, 0) is 49.5 Å². The van der Waals surface area contributed by atoms with E-state index in [4.69, 9.17) is 5.73 Å². The van der Waals surface area contributed by atoms with Crippen molar-refractivity contribution in [2.45, 2.75) is 19.4 Å². The van der Waals surface area contributed by atoms with Gasteiger partial charge < -0.3 is 5.73 Å². The van der Waals surface area contributed by atoms with Gasteiger partial charge in [0.25, 0.3) is 0 Å². The fraction of sp³-hybridized carbons (Fsp3) is 0.538. The number of nitrogens with zero attached hydrogens (tertiary/aromatic N) is 1. The molecule has 1 fully saturated rings. The van der Waals surface area contributed by atoms with Gasteiger partial charge in [-0.3, -0.25) is 4.90 Å². The molecular weight excluding hydrogens is 241 g/mol. The summed E-state index contributed by atoms with van der Waals surface area (Å²) in [5.41, 5.74) is 6.09. The fourth-order valence-electron chi connectivity index (χ4n) is 2.44. The molecule has 1 heterocycles. The first-order chi connectivity index (χ1) is 8.60. The van der Waals surface area contributed by atoms with Crippen LogP contribution in [0.1, 0.15) is 18.4 Å². The first-order valence-electron chi connectivity index (χ1n) is 6.16. The Labute approximate surface area is 105 Å². The van der Waals surface area contributed by atoms with Crippen molar-refractivity contribution >= 4 is 0 Å². The molecule has 0 bridgehead atoms. The number of halogens is 3. The average molecular weight is 258 g/mol. The van der Waals surface area contributed by atoms with Gasteiger partial charge in [0, 0.05) is 13.1 Å². The van der Waals surface area contributed by atoms with Crippen molar-refractivity contribution < 1.29 is 13.2 Å². The first-order valence-corrected chi connectivity index (χ1v) is 6.16. The van der Waals surface area contributed by atoms with Crippen LogP contribution >= 0.6 is 0 Å². The summed E-state index contributed by atoms with van der Waals surface area (Å²) in [7, 11) is 0. The van der Waals surface area contributed by atoms with E-state index in [-0.39, 0.29) is 0 Å². The zero-order chi connectivity index (χ0) is 13.1. The largest absolute Gasteiger partial charge is 0.330 e. The molecule has 0 amide bonds. The minimum Gasteiger partial charge on any atom is -0.330 e. The maximum atomic E-state index is 13.1. The zero-order valence-electron chi connectivity index (χ0n) is 10.1. The van der Waals surface area contributed by atoms with E-state index in [9.17, 15) is 13.2 Å². The molecule has 1 aromatic carbocycles. The standard InChI is InChI=1S/C13H17F3N2/c14-11-4-10(5-12(15)13(11)16)8-18-3-1-2-9(6-17)7-18/h4-5,9H,1-3,6-8,17H2. The average Bonchev–Trinajstić information content (AvgIpc) is 2.36. The molecule has 100 valence electrons. The highest BCUT2D eigenvalue weighted by Crippen LogP contribution is 2.19. The first kappa shape index (κ1) is 13.4. The number of hydrogen-bond acceptors (Lipinski definition) is 2. The van der Waals surface area contributed by atoms with Gasteiger partial charge >= 0.3 is 0 Å². The summed E-state index contributed by atoms with van der Waals surface area (Å²) < 4.78 is 39.0. The van der Waals surface area contributed by atoms with Crippen molar-refractivity contribution in [3.63, 3.8) is 0 Å². The molecule has 0 spiro atoms. The van der Waals surface area contributed by atoms with Crippen LogP contribution in [0.3, 0.4) is 0 Å². The summed E-state index contributed by atoms with van der Waals surface area (Å²) in [6, 6.07) is 2.12. The molecule has 1 saturated heterocycles. The Kier molecular flexibility index (Phi) is 4.24. The molecule has 5 heteroatoms. The van der Waals surface area contributed by atoms with E-state index in [1.165, 1.54) is 0 Å². The number of likely N-dealkylation sites (tertiary alicyclic amines) is 1. The monoisotopic (exact) mass is 258 g/mol. The van der Waals surface area contributed by atoms with Crippen LogP contribution in [0.15, 0.2) is 12.1 Å². The molecule has 1 aromatic rings. The molecule has 0 radical (unpaired) electrons. The van der Waals surface area contributed by atoms with Crippen molar-refractivity contribution in [2.75, 3.05) is 19.6 Å². The van der Waals surface area contributed by atoms with Crippen LogP contribution in [0.5, 0.6) is 0 Å². The van der Waals surface area contributed by atoms with E-state index < -0.39 is 17.5 Å². The van der Waals surface area contributed by atoms with E-state index in [0.29, 0.717) is 24.6 Å². The van der Waals surface area contributed by atoms with Crippen molar-refractivity contribution in [2.24, 2.45) is 11.7 Å². The highest BCUT2D eigenvalue weighted by Gasteiger charge is 2.19. The van der Waals surface area contributed by atoms with Crippen LogP contribution in [-0.2, 0) is 6.54 Å². The van der Waals surface area contributed by atoms with E-state index >= 15 is 0 Å². The highest BCUT2D eigenvalue weighted by atomic mass is 19.2. The molecule has 1 aliphatic rings. The molecule has 2 rings (SSSR count). The molecule has 0 aliphatic carbocycles. The van der Waals surface area contributed by atoms with Crippen molar-refractivity contribution in [3.05, 3.63) is 35.1 Å². The predicted octanol–water partition coefficient (Wildman–Crippen LogP) is 2.27. The predicted molar refractivity (Wildman–Crippen MR) is 63.4 cm³/mol. The molecule has 1 aliphatic heterocycles. The van der Waals surface area contributed by atoms with Crippen LogP contribution in [0.4, 0.5) is 13.2 Å². The summed E-state index contributed by atoms with van der Waals surface area (Å²) >= 11 is 0. The molecule has 1 unspecified atom stereocenters. The summed E-state index contributed by atoms with van der Waals surface area (Å²) in [6.07, 6.45) is 2.13. The van der Waals surface area contributed by atoms with Crippen molar-refractivity contribution in [3.8, 4) is 0 Å². The van der Waals surface area contributed by atoms with E-state index in [0.717, 1.165) is 38.1 Å². The second-order valence-corrected chi connectivity index (χ2v) is 4.85. The van der Waals surface area contributed by atoms with E-state index in [1.54, 1.807) is 0 Å². The topological polar surface area (TPSA) is 29.3 Å². The van der Waals surface area contributed by atoms with Gasteiger partial charge in [-0.1, -0.05) is 0 Å². The molecule has 2 nitrogen and oxygen atoms in total. The lowest BCUT2D eigenvalue weighted by Gasteiger charge is -2.32. The SMILES string of the molecule is NCC1CCCN(Cc2cc(F)c(F)c(F)c2)C1. The Hall–Kier alpha value is -1.07. The number of hydrogen-bond donors (Lipinski definition) is 1. The third-order valence-electron chi connectivity index (χ3n) is 3.39. The van der Waals surface area contributed by atoms with Crippen LogP contribution in [0.25, 0.3) is 0 Å².